The lowest BCUT2D eigenvalue weighted by atomic mass is 9.65. The second-order valence-electron chi connectivity index (χ2n) is 7.51. The first kappa shape index (κ1) is 20.0. The third kappa shape index (κ3) is 4.26. The Hall–Kier alpha value is -1.34. The van der Waals surface area contributed by atoms with E-state index in [4.69, 9.17) is 0 Å². The molecule has 1 aromatic carbocycles. The summed E-state index contributed by atoms with van der Waals surface area (Å²) in [7, 11) is 0. The van der Waals surface area contributed by atoms with Crippen LogP contribution >= 0.6 is 0 Å². The van der Waals surface area contributed by atoms with Crippen LogP contribution in [0.25, 0.3) is 0 Å². The fourth-order valence-corrected chi connectivity index (χ4v) is 4.13. The third-order valence-electron chi connectivity index (χ3n) is 5.87. The van der Waals surface area contributed by atoms with Crippen molar-refractivity contribution in [3.63, 3.8) is 0 Å². The van der Waals surface area contributed by atoms with Crippen molar-refractivity contribution in [2.75, 3.05) is 19.7 Å². The van der Waals surface area contributed by atoms with E-state index >= 15 is 0 Å². The molecular weight excluding hydrogens is 310 g/mol. The van der Waals surface area contributed by atoms with Crippen molar-refractivity contribution in [3.05, 3.63) is 35.9 Å². The second kappa shape index (κ2) is 8.85. The van der Waals surface area contributed by atoms with Crippen LogP contribution in [-0.4, -0.2) is 40.9 Å². The van der Waals surface area contributed by atoms with E-state index in [9.17, 15) is 10.2 Å². The minimum atomic E-state index is -1.11. The molecule has 2 N–H and O–H groups in total. The molecule has 1 unspecified atom stereocenters. The van der Waals surface area contributed by atoms with Crippen LogP contribution in [0, 0.1) is 17.3 Å². The average Bonchev–Trinajstić information content (AvgIpc) is 3.12. The lowest BCUT2D eigenvalue weighted by Gasteiger charge is -2.42. The molecule has 1 fully saturated rings. The second-order valence-corrected chi connectivity index (χ2v) is 7.51. The summed E-state index contributed by atoms with van der Waals surface area (Å²) in [6, 6.07) is 10.3. The molecule has 1 atom stereocenters. The van der Waals surface area contributed by atoms with E-state index in [1.165, 1.54) is 0 Å². The van der Waals surface area contributed by atoms with E-state index < -0.39 is 5.60 Å². The first-order valence-corrected chi connectivity index (χ1v) is 9.62. The number of aliphatic hydroxyl groups excluding tert-OH is 1. The molecule has 138 valence electrons. The van der Waals surface area contributed by atoms with E-state index in [1.54, 1.807) is 0 Å². The summed E-state index contributed by atoms with van der Waals surface area (Å²) in [5.74, 6) is 6.51. The van der Waals surface area contributed by atoms with Gasteiger partial charge in [0.05, 0.1) is 13.2 Å². The zero-order chi connectivity index (χ0) is 18.3. The fourth-order valence-electron chi connectivity index (χ4n) is 4.13. The lowest BCUT2D eigenvalue weighted by Crippen LogP contribution is -2.43. The Morgan fingerprint density at radius 2 is 1.84 bits per heavy atom. The molecule has 1 aromatic rings. The van der Waals surface area contributed by atoms with Gasteiger partial charge in [-0.25, -0.2) is 0 Å². The Kier molecular flexibility index (Phi) is 7.07. The molecule has 0 aromatic heterocycles. The number of aliphatic hydroxyl groups is 2. The highest BCUT2D eigenvalue weighted by molar-refractivity contribution is 5.36. The van der Waals surface area contributed by atoms with E-state index in [0.717, 1.165) is 37.7 Å². The number of hydrogen-bond acceptors (Lipinski definition) is 3. The predicted molar refractivity (Wildman–Crippen MR) is 103 cm³/mol. The van der Waals surface area contributed by atoms with Crippen LogP contribution in [0.3, 0.4) is 0 Å². The van der Waals surface area contributed by atoms with Gasteiger partial charge in [-0.05, 0) is 38.7 Å². The van der Waals surface area contributed by atoms with E-state index in [-0.39, 0.29) is 12.0 Å². The SMILES string of the molecule is CCC1(C(O)(C#CCN(CCO)C(C)C)c2ccccc2)CCCC1. The van der Waals surface area contributed by atoms with Gasteiger partial charge in [0, 0.05) is 18.0 Å². The fraction of sp³-hybridized carbons (Fsp3) is 0.636. The van der Waals surface area contributed by atoms with Gasteiger partial charge in [0.25, 0.3) is 0 Å². The summed E-state index contributed by atoms with van der Waals surface area (Å²) < 4.78 is 0. The molecule has 1 aliphatic rings. The third-order valence-corrected chi connectivity index (χ3v) is 5.87. The summed E-state index contributed by atoms with van der Waals surface area (Å²) in [6.07, 6.45) is 5.29. The van der Waals surface area contributed by atoms with Gasteiger partial charge in [-0.3, -0.25) is 4.90 Å². The highest BCUT2D eigenvalue weighted by Crippen LogP contribution is 2.53. The predicted octanol–water partition coefficient (Wildman–Crippen LogP) is 3.55. The van der Waals surface area contributed by atoms with Crippen molar-refractivity contribution in [3.8, 4) is 11.8 Å². The average molecular weight is 344 g/mol. The first-order chi connectivity index (χ1) is 12.0. The molecule has 0 aliphatic heterocycles. The minimum absolute atomic E-state index is 0.127. The van der Waals surface area contributed by atoms with Crippen LogP contribution in [0.15, 0.2) is 30.3 Å². The topological polar surface area (TPSA) is 43.7 Å². The molecule has 1 aliphatic carbocycles. The summed E-state index contributed by atoms with van der Waals surface area (Å²) in [5, 5.41) is 21.0. The zero-order valence-electron chi connectivity index (χ0n) is 16.0. The standard InChI is InChI=1S/C22H33NO2/c1-4-21(13-8-9-14-21)22(25,20-11-6-5-7-12-20)15-10-16-23(17-18-24)19(2)3/h5-7,11-12,19,24-25H,4,8-9,13-14,16-18H2,1-3H3. The zero-order valence-corrected chi connectivity index (χ0v) is 16.0. The number of rotatable bonds is 7. The van der Waals surface area contributed by atoms with Gasteiger partial charge >= 0.3 is 0 Å². The Morgan fingerprint density at radius 3 is 2.36 bits per heavy atom. The van der Waals surface area contributed by atoms with Crippen LogP contribution in [0.5, 0.6) is 0 Å². The molecule has 25 heavy (non-hydrogen) atoms. The minimum Gasteiger partial charge on any atom is -0.395 e. The molecule has 0 amide bonds. The van der Waals surface area contributed by atoms with Crippen molar-refractivity contribution < 1.29 is 10.2 Å². The summed E-state index contributed by atoms with van der Waals surface area (Å²) in [4.78, 5) is 2.13. The van der Waals surface area contributed by atoms with Gasteiger partial charge in [-0.2, -0.15) is 0 Å². The smallest absolute Gasteiger partial charge is 0.156 e. The van der Waals surface area contributed by atoms with E-state index in [2.05, 4.69) is 37.5 Å². The quantitative estimate of drug-likeness (QED) is 0.744. The Labute approximate surface area is 153 Å². The van der Waals surface area contributed by atoms with Gasteiger partial charge in [-0.1, -0.05) is 61.9 Å². The lowest BCUT2D eigenvalue weighted by molar-refractivity contribution is -0.0422. The highest BCUT2D eigenvalue weighted by Gasteiger charge is 2.50. The van der Waals surface area contributed by atoms with Crippen molar-refractivity contribution in [2.24, 2.45) is 5.41 Å². The van der Waals surface area contributed by atoms with Gasteiger partial charge in [0.15, 0.2) is 5.60 Å². The Balaban J connectivity index is 2.35. The molecule has 1 saturated carbocycles. The maximum Gasteiger partial charge on any atom is 0.156 e. The van der Waals surface area contributed by atoms with Crippen LogP contribution in [-0.2, 0) is 5.60 Å². The van der Waals surface area contributed by atoms with E-state index in [0.29, 0.717) is 19.1 Å². The molecule has 3 nitrogen and oxygen atoms in total. The molecule has 0 spiro atoms. The van der Waals surface area contributed by atoms with Crippen molar-refractivity contribution >= 4 is 0 Å². The largest absolute Gasteiger partial charge is 0.395 e. The summed E-state index contributed by atoms with van der Waals surface area (Å²) in [5.41, 5.74) is -0.368. The molecule has 0 heterocycles. The molecular formula is C22H33NO2. The molecule has 0 bridgehead atoms. The Bertz CT molecular complexity index is 581. The number of benzene rings is 1. The van der Waals surface area contributed by atoms with Crippen LogP contribution in [0.1, 0.15) is 58.4 Å². The highest BCUT2D eigenvalue weighted by atomic mass is 16.3. The molecule has 0 radical (unpaired) electrons. The maximum absolute atomic E-state index is 11.8. The van der Waals surface area contributed by atoms with Gasteiger partial charge in [0.1, 0.15) is 0 Å². The van der Waals surface area contributed by atoms with Crippen molar-refractivity contribution in [1.29, 1.82) is 0 Å². The Morgan fingerprint density at radius 1 is 1.20 bits per heavy atom. The number of hydrogen-bond donors (Lipinski definition) is 2. The van der Waals surface area contributed by atoms with Gasteiger partial charge in [0.2, 0.25) is 0 Å². The van der Waals surface area contributed by atoms with Crippen LogP contribution in [0.4, 0.5) is 0 Å². The first-order valence-electron chi connectivity index (χ1n) is 9.62. The molecule has 2 rings (SSSR count). The van der Waals surface area contributed by atoms with Gasteiger partial charge < -0.3 is 10.2 Å². The summed E-state index contributed by atoms with van der Waals surface area (Å²) >= 11 is 0. The maximum atomic E-state index is 11.8. The number of nitrogens with zero attached hydrogens (tertiary/aromatic N) is 1. The van der Waals surface area contributed by atoms with Crippen molar-refractivity contribution in [2.45, 2.75) is 64.5 Å². The van der Waals surface area contributed by atoms with E-state index in [1.807, 2.05) is 30.3 Å². The normalized spacial score (nSPS) is 18.8. The monoisotopic (exact) mass is 343 g/mol. The van der Waals surface area contributed by atoms with Gasteiger partial charge in [-0.15, -0.1) is 0 Å². The van der Waals surface area contributed by atoms with Crippen molar-refractivity contribution in [1.82, 2.24) is 4.90 Å². The summed E-state index contributed by atoms with van der Waals surface area (Å²) in [6.45, 7) is 7.67. The molecule has 0 saturated heterocycles. The van der Waals surface area contributed by atoms with Crippen LogP contribution < -0.4 is 0 Å². The van der Waals surface area contributed by atoms with Crippen LogP contribution in [0.2, 0.25) is 0 Å². The molecule has 3 heteroatoms.